The van der Waals surface area contributed by atoms with Crippen LogP contribution in [0.1, 0.15) is 50.2 Å². The van der Waals surface area contributed by atoms with E-state index in [1.165, 1.54) is 6.07 Å². The van der Waals surface area contributed by atoms with Gasteiger partial charge in [0.15, 0.2) is 0 Å². The number of benzene rings is 1. The smallest absolute Gasteiger partial charge is 0.390 e. The summed E-state index contributed by atoms with van der Waals surface area (Å²) in [7, 11) is 0. The number of aliphatic hydroxyl groups is 1. The summed E-state index contributed by atoms with van der Waals surface area (Å²) in [6, 6.07) is 3.58. The van der Waals surface area contributed by atoms with Gasteiger partial charge in [-0.05, 0) is 69.3 Å². The van der Waals surface area contributed by atoms with Crippen LogP contribution in [0.5, 0.6) is 5.75 Å². The van der Waals surface area contributed by atoms with Crippen molar-refractivity contribution in [3.8, 4) is 5.75 Å². The first-order valence-electron chi connectivity index (χ1n) is 10.8. The zero-order valence-electron chi connectivity index (χ0n) is 18.1. The van der Waals surface area contributed by atoms with Crippen molar-refractivity contribution in [2.75, 3.05) is 13.1 Å². The third-order valence-corrected chi connectivity index (χ3v) is 7.86. The number of imide groups is 1. The van der Waals surface area contributed by atoms with E-state index in [2.05, 4.69) is 10.6 Å². The first-order valence-corrected chi connectivity index (χ1v) is 10.8. The lowest BCUT2D eigenvalue weighted by Crippen LogP contribution is -2.73. The maximum atomic E-state index is 12.9. The minimum atomic E-state index is -4.30. The van der Waals surface area contributed by atoms with Crippen LogP contribution >= 0.6 is 0 Å². The van der Waals surface area contributed by atoms with E-state index in [0.717, 1.165) is 5.56 Å². The van der Waals surface area contributed by atoms with E-state index in [9.17, 15) is 33.0 Å². The first kappa shape index (κ1) is 22.8. The molecule has 0 aromatic heterocycles. The Bertz CT molecular complexity index is 955. The molecule has 2 aliphatic heterocycles. The van der Waals surface area contributed by atoms with Crippen LogP contribution in [0.25, 0.3) is 0 Å². The van der Waals surface area contributed by atoms with Crippen LogP contribution in [0.4, 0.5) is 18.0 Å². The third kappa shape index (κ3) is 3.44. The molecule has 4 rings (SSSR count). The molecule has 1 aromatic carbocycles. The number of amides is 3. The molecule has 0 unspecified atom stereocenters. The van der Waals surface area contributed by atoms with Crippen LogP contribution in [-0.2, 0) is 10.2 Å². The van der Waals surface area contributed by atoms with E-state index >= 15 is 0 Å². The second kappa shape index (κ2) is 7.34. The fourth-order valence-corrected chi connectivity index (χ4v) is 6.14. The van der Waals surface area contributed by atoms with Gasteiger partial charge < -0.3 is 15.5 Å². The summed E-state index contributed by atoms with van der Waals surface area (Å²) in [5, 5.41) is 27.4. The number of halogens is 3. The second-order valence-corrected chi connectivity index (χ2v) is 9.50. The molecular formula is C22H28F3N3O4. The number of piperidine rings is 1. The number of hydrogen-bond acceptors (Lipinski definition) is 5. The van der Waals surface area contributed by atoms with Gasteiger partial charge in [0.1, 0.15) is 11.3 Å². The summed E-state index contributed by atoms with van der Waals surface area (Å²) in [6.07, 6.45) is -4.64. The molecule has 4 N–H and O–H groups in total. The van der Waals surface area contributed by atoms with Gasteiger partial charge in [0, 0.05) is 18.0 Å². The van der Waals surface area contributed by atoms with Crippen molar-refractivity contribution in [1.82, 2.24) is 15.5 Å². The Hall–Kier alpha value is -2.33. The van der Waals surface area contributed by atoms with Crippen molar-refractivity contribution in [1.29, 1.82) is 0 Å². The predicted molar refractivity (Wildman–Crippen MR) is 109 cm³/mol. The lowest BCUT2D eigenvalue weighted by Gasteiger charge is -2.62. The minimum absolute atomic E-state index is 0.00554. The molecule has 7 nitrogen and oxygen atoms in total. The lowest BCUT2D eigenvalue weighted by atomic mass is 9.49. The van der Waals surface area contributed by atoms with Gasteiger partial charge in [0.25, 0.3) is 5.91 Å². The number of rotatable bonds is 3. The van der Waals surface area contributed by atoms with Gasteiger partial charge in [-0.1, -0.05) is 6.07 Å². The number of nitrogens with zero attached hydrogens (tertiary/aromatic N) is 1. The van der Waals surface area contributed by atoms with Crippen LogP contribution < -0.4 is 10.6 Å². The second-order valence-electron chi connectivity index (χ2n) is 9.50. The average molecular weight is 455 g/mol. The quantitative estimate of drug-likeness (QED) is 0.525. The first-order chi connectivity index (χ1) is 14.8. The molecule has 2 saturated heterocycles. The van der Waals surface area contributed by atoms with Gasteiger partial charge >= 0.3 is 12.2 Å². The number of phenolic OH excluding ortho intramolecular Hbond substituents is 1. The maximum absolute atomic E-state index is 12.9. The highest BCUT2D eigenvalue weighted by Gasteiger charge is 2.67. The Balaban J connectivity index is 1.79. The van der Waals surface area contributed by atoms with Gasteiger partial charge in [-0.25, -0.2) is 4.79 Å². The molecule has 32 heavy (non-hydrogen) atoms. The zero-order valence-corrected chi connectivity index (χ0v) is 18.1. The van der Waals surface area contributed by atoms with Gasteiger partial charge in [-0.3, -0.25) is 15.0 Å². The van der Waals surface area contributed by atoms with Crippen molar-refractivity contribution in [2.24, 2.45) is 0 Å². The Morgan fingerprint density at radius 3 is 2.56 bits per heavy atom. The summed E-state index contributed by atoms with van der Waals surface area (Å²) in [4.78, 5) is 26.4. The number of fused-ring (bicyclic) bond motifs is 1. The number of hydrogen-bond donors (Lipinski definition) is 4. The van der Waals surface area contributed by atoms with Crippen LogP contribution in [0.2, 0.25) is 0 Å². The van der Waals surface area contributed by atoms with Gasteiger partial charge in [-0.15, -0.1) is 0 Å². The zero-order chi connectivity index (χ0) is 23.5. The number of alkyl halides is 3. The SMILES string of the molecule is Cc1ccc(O)cc1[C@]12CCN(CCC(F)(F)F)[C@H](C)[C@]1(O)CC[C@@]1(C2)NC(=O)NC1=O. The maximum Gasteiger partial charge on any atom is 0.390 e. The number of urea groups is 1. The van der Waals surface area contributed by atoms with Crippen molar-refractivity contribution < 1.29 is 33.0 Å². The number of phenols is 1. The molecule has 2 heterocycles. The molecule has 176 valence electrons. The monoisotopic (exact) mass is 455 g/mol. The Kier molecular flexibility index (Phi) is 5.24. The van der Waals surface area contributed by atoms with Gasteiger partial charge in [0.2, 0.25) is 0 Å². The molecule has 10 heteroatoms. The largest absolute Gasteiger partial charge is 0.508 e. The molecular weight excluding hydrogens is 427 g/mol. The van der Waals surface area contributed by atoms with Crippen molar-refractivity contribution in [2.45, 2.75) is 74.7 Å². The number of carbonyl (C=O) groups excluding carboxylic acids is 2. The molecule has 3 aliphatic rings. The fraction of sp³-hybridized carbons (Fsp3) is 0.636. The highest BCUT2D eigenvalue weighted by Crippen LogP contribution is 2.57. The minimum Gasteiger partial charge on any atom is -0.508 e. The topological polar surface area (TPSA) is 102 Å². The van der Waals surface area contributed by atoms with E-state index in [-0.39, 0.29) is 44.5 Å². The number of nitrogens with one attached hydrogen (secondary N) is 2. The van der Waals surface area contributed by atoms with E-state index in [1.54, 1.807) is 24.0 Å². The number of carbonyl (C=O) groups is 2. The molecule has 3 fully saturated rings. The van der Waals surface area contributed by atoms with E-state index in [0.29, 0.717) is 5.56 Å². The molecule has 1 spiro atoms. The molecule has 1 aromatic rings. The summed E-state index contributed by atoms with van der Waals surface area (Å²) >= 11 is 0. The van der Waals surface area contributed by atoms with E-state index in [1.807, 2.05) is 6.92 Å². The van der Waals surface area contributed by atoms with Crippen LogP contribution in [-0.4, -0.2) is 63.5 Å². The van der Waals surface area contributed by atoms with E-state index < -0.39 is 47.1 Å². The summed E-state index contributed by atoms with van der Waals surface area (Å²) in [5.74, 6) is -0.470. The highest BCUT2D eigenvalue weighted by molar-refractivity contribution is 6.07. The van der Waals surface area contributed by atoms with Gasteiger partial charge in [0.05, 0.1) is 12.0 Å². The third-order valence-electron chi connectivity index (χ3n) is 7.86. The Morgan fingerprint density at radius 1 is 1.22 bits per heavy atom. The normalized spacial score (nSPS) is 35.5. The highest BCUT2D eigenvalue weighted by atomic mass is 19.4. The van der Waals surface area contributed by atoms with Crippen molar-refractivity contribution >= 4 is 11.9 Å². The molecule has 0 radical (unpaired) electrons. The number of aryl methyl sites for hydroxylation is 1. The lowest BCUT2D eigenvalue weighted by molar-refractivity contribution is -0.180. The molecule has 4 atom stereocenters. The predicted octanol–water partition coefficient (Wildman–Crippen LogP) is 2.48. The standard InChI is InChI=1S/C22H28F3N3O4/c1-13-3-4-15(29)11-16(13)19-7-9-28(10-8-22(23,24)25)14(2)21(19,32)6-5-20(12-19)17(30)26-18(31)27-20/h3-4,11,14,29,32H,5-10,12H2,1-2H3,(H2,26,27,30,31)/t14-,19-,20+,21-/m1/s1. The number of aromatic hydroxyl groups is 1. The van der Waals surface area contributed by atoms with Crippen LogP contribution in [0, 0.1) is 6.92 Å². The van der Waals surface area contributed by atoms with E-state index in [4.69, 9.17) is 0 Å². The fourth-order valence-electron chi connectivity index (χ4n) is 6.14. The molecule has 1 aliphatic carbocycles. The van der Waals surface area contributed by atoms with Crippen molar-refractivity contribution in [3.63, 3.8) is 0 Å². The van der Waals surface area contributed by atoms with Crippen LogP contribution in [0.15, 0.2) is 18.2 Å². The summed E-state index contributed by atoms with van der Waals surface area (Å²) in [5.41, 5.74) is -2.28. The summed E-state index contributed by atoms with van der Waals surface area (Å²) < 4.78 is 38.6. The Morgan fingerprint density at radius 2 is 1.94 bits per heavy atom. The van der Waals surface area contributed by atoms with Crippen molar-refractivity contribution in [3.05, 3.63) is 29.3 Å². The Labute approximate surface area is 184 Å². The molecule has 0 bridgehead atoms. The van der Waals surface area contributed by atoms with Gasteiger partial charge in [-0.2, -0.15) is 13.2 Å². The summed E-state index contributed by atoms with van der Waals surface area (Å²) in [6.45, 7) is 3.59. The average Bonchev–Trinajstić information content (AvgIpc) is 2.97. The van der Waals surface area contributed by atoms with Crippen LogP contribution in [0.3, 0.4) is 0 Å². The molecule has 3 amide bonds. The molecule has 1 saturated carbocycles. The number of likely N-dealkylation sites (tertiary alicyclic amines) is 1.